The smallest absolute Gasteiger partial charge is 0.326 e. The normalized spacial score (nSPS) is 30.3. The molecule has 110 valence electrons. The van der Waals surface area contributed by atoms with Crippen molar-refractivity contribution in [1.82, 2.24) is 5.32 Å². The lowest BCUT2D eigenvalue weighted by molar-refractivity contribution is -0.172. The van der Waals surface area contributed by atoms with Gasteiger partial charge in [0.05, 0.1) is 6.10 Å². The highest BCUT2D eigenvalue weighted by Crippen LogP contribution is 2.49. The highest BCUT2D eigenvalue weighted by atomic mass is 16.5. The number of ether oxygens (including phenoxy) is 1. The Morgan fingerprint density at radius 2 is 2.05 bits per heavy atom. The van der Waals surface area contributed by atoms with E-state index in [0.29, 0.717) is 19.4 Å². The predicted octanol–water partition coefficient (Wildman–Crippen LogP) is 0.498. The molecular weight excluding hydrogens is 248 g/mol. The number of carboxylic acids is 1. The Morgan fingerprint density at radius 3 is 2.42 bits per heavy atom. The molecule has 0 radical (unpaired) electrons. The number of hydrogen-bond acceptors (Lipinski definition) is 4. The van der Waals surface area contributed by atoms with Crippen molar-refractivity contribution < 1.29 is 19.4 Å². The molecule has 1 rings (SSSR count). The fraction of sp³-hybridized carbons (Fsp3) is 0.846. The van der Waals surface area contributed by atoms with E-state index in [-0.39, 0.29) is 6.10 Å². The van der Waals surface area contributed by atoms with Gasteiger partial charge in [0.25, 0.3) is 0 Å². The van der Waals surface area contributed by atoms with Gasteiger partial charge in [0.15, 0.2) is 0 Å². The Hall–Kier alpha value is -1.14. The molecule has 1 saturated carbocycles. The Bertz CT molecular complexity index is 370. The fourth-order valence-corrected chi connectivity index (χ4v) is 2.45. The molecule has 0 spiro atoms. The van der Waals surface area contributed by atoms with Crippen molar-refractivity contribution in [1.29, 1.82) is 0 Å². The van der Waals surface area contributed by atoms with E-state index in [0.717, 1.165) is 0 Å². The highest BCUT2D eigenvalue weighted by Gasteiger charge is 2.63. The number of carbonyl (C=O) groups excluding carboxylic acids is 1. The second kappa shape index (κ2) is 5.46. The van der Waals surface area contributed by atoms with Gasteiger partial charge in [-0.3, -0.25) is 4.79 Å². The highest BCUT2D eigenvalue weighted by molar-refractivity contribution is 5.92. The average molecular weight is 272 g/mol. The minimum absolute atomic E-state index is 0.0712. The van der Waals surface area contributed by atoms with E-state index in [1.165, 1.54) is 0 Å². The van der Waals surface area contributed by atoms with E-state index >= 15 is 0 Å². The summed E-state index contributed by atoms with van der Waals surface area (Å²) in [4.78, 5) is 23.2. The van der Waals surface area contributed by atoms with Crippen LogP contribution in [0.1, 0.15) is 40.5 Å². The topological polar surface area (TPSA) is 102 Å². The molecule has 6 nitrogen and oxygen atoms in total. The van der Waals surface area contributed by atoms with Crippen LogP contribution >= 0.6 is 0 Å². The van der Waals surface area contributed by atoms with E-state index in [1.807, 2.05) is 20.8 Å². The number of nitrogens with two attached hydrogens (primary N) is 1. The minimum atomic E-state index is -1.07. The fourth-order valence-electron chi connectivity index (χ4n) is 2.45. The number of rotatable bonds is 6. The van der Waals surface area contributed by atoms with Crippen LogP contribution in [0.5, 0.6) is 0 Å². The molecule has 19 heavy (non-hydrogen) atoms. The summed E-state index contributed by atoms with van der Waals surface area (Å²) < 4.78 is 5.54. The second-order valence-corrected chi connectivity index (χ2v) is 5.61. The Balaban J connectivity index is 2.75. The van der Waals surface area contributed by atoms with Gasteiger partial charge in [-0.05, 0) is 13.3 Å². The summed E-state index contributed by atoms with van der Waals surface area (Å²) in [6.07, 6.45) is 0.667. The number of nitrogens with one attached hydrogen (secondary N) is 1. The lowest BCUT2D eigenvalue weighted by Crippen LogP contribution is -2.76. The van der Waals surface area contributed by atoms with Crippen LogP contribution in [0.3, 0.4) is 0 Å². The van der Waals surface area contributed by atoms with Crippen LogP contribution in [0.15, 0.2) is 0 Å². The summed E-state index contributed by atoms with van der Waals surface area (Å²) in [7, 11) is 0. The van der Waals surface area contributed by atoms with E-state index in [1.54, 1.807) is 6.92 Å². The SMILES string of the molecule is CCOC1CC(N)(C(=O)N[C@H](CC)C(=O)O)C1(C)C. The molecule has 0 bridgehead atoms. The molecule has 0 aromatic heterocycles. The number of carboxylic acid groups (broad SMARTS) is 1. The zero-order valence-corrected chi connectivity index (χ0v) is 12.0. The predicted molar refractivity (Wildman–Crippen MR) is 70.6 cm³/mol. The largest absolute Gasteiger partial charge is 0.480 e. The van der Waals surface area contributed by atoms with Crippen LogP contribution in [0.4, 0.5) is 0 Å². The van der Waals surface area contributed by atoms with Crippen LogP contribution in [0.25, 0.3) is 0 Å². The monoisotopic (exact) mass is 272 g/mol. The van der Waals surface area contributed by atoms with E-state index in [9.17, 15) is 9.59 Å². The molecule has 0 aromatic rings. The molecule has 2 unspecified atom stereocenters. The molecule has 3 atom stereocenters. The maximum Gasteiger partial charge on any atom is 0.326 e. The molecule has 6 heteroatoms. The van der Waals surface area contributed by atoms with Crippen molar-refractivity contribution >= 4 is 11.9 Å². The minimum Gasteiger partial charge on any atom is -0.480 e. The van der Waals surface area contributed by atoms with Gasteiger partial charge in [-0.15, -0.1) is 0 Å². The van der Waals surface area contributed by atoms with Crippen molar-refractivity contribution in [3.63, 3.8) is 0 Å². The first-order valence-electron chi connectivity index (χ1n) is 6.65. The summed E-state index contributed by atoms with van der Waals surface area (Å²) in [6, 6.07) is -0.894. The van der Waals surface area contributed by atoms with E-state index in [2.05, 4.69) is 5.32 Å². The second-order valence-electron chi connectivity index (χ2n) is 5.61. The third kappa shape index (κ3) is 2.60. The first-order valence-corrected chi connectivity index (χ1v) is 6.65. The van der Waals surface area contributed by atoms with Crippen LogP contribution < -0.4 is 11.1 Å². The van der Waals surface area contributed by atoms with Crippen molar-refractivity contribution in [3.05, 3.63) is 0 Å². The van der Waals surface area contributed by atoms with Crippen molar-refractivity contribution in [2.45, 2.75) is 58.2 Å². The molecule has 1 aliphatic rings. The van der Waals surface area contributed by atoms with Gasteiger partial charge in [0.1, 0.15) is 11.6 Å². The van der Waals surface area contributed by atoms with Crippen LogP contribution in [-0.2, 0) is 14.3 Å². The van der Waals surface area contributed by atoms with Gasteiger partial charge < -0.3 is 20.9 Å². The molecule has 1 amide bonds. The Kier molecular flexibility index (Phi) is 4.58. The van der Waals surface area contributed by atoms with Crippen LogP contribution in [0, 0.1) is 5.41 Å². The zero-order chi connectivity index (χ0) is 14.8. The number of aliphatic carboxylic acids is 1. The molecule has 0 saturated heterocycles. The molecule has 1 aliphatic carbocycles. The molecular formula is C13H24N2O4. The third-order valence-corrected chi connectivity index (χ3v) is 4.25. The van der Waals surface area contributed by atoms with E-state index in [4.69, 9.17) is 15.6 Å². The number of hydrogen-bond donors (Lipinski definition) is 3. The van der Waals surface area contributed by atoms with Crippen LogP contribution in [-0.4, -0.2) is 41.3 Å². The lowest BCUT2D eigenvalue weighted by Gasteiger charge is -2.57. The van der Waals surface area contributed by atoms with Gasteiger partial charge >= 0.3 is 5.97 Å². The molecule has 0 aromatic carbocycles. The van der Waals surface area contributed by atoms with Gasteiger partial charge in [-0.2, -0.15) is 0 Å². The first kappa shape index (κ1) is 15.9. The Morgan fingerprint density at radius 1 is 1.47 bits per heavy atom. The summed E-state index contributed by atoms with van der Waals surface area (Å²) >= 11 is 0. The van der Waals surface area contributed by atoms with Crippen molar-refractivity contribution in [2.75, 3.05) is 6.61 Å². The zero-order valence-electron chi connectivity index (χ0n) is 12.0. The first-order chi connectivity index (χ1) is 8.70. The van der Waals surface area contributed by atoms with Gasteiger partial charge in [-0.1, -0.05) is 20.8 Å². The standard InChI is InChI=1S/C13H24N2O4/c1-5-8(10(16)17)15-11(18)13(14)7-9(19-6-2)12(13,3)4/h8-9H,5-7,14H2,1-4H3,(H,15,18)(H,16,17)/t8-,9?,13?/m1/s1. The van der Waals surface area contributed by atoms with Crippen LogP contribution in [0.2, 0.25) is 0 Å². The van der Waals surface area contributed by atoms with Crippen molar-refractivity contribution in [3.8, 4) is 0 Å². The lowest BCUT2D eigenvalue weighted by atomic mass is 9.54. The van der Waals surface area contributed by atoms with Gasteiger partial charge in [-0.25, -0.2) is 4.79 Å². The quantitative estimate of drug-likeness (QED) is 0.653. The molecule has 1 fully saturated rings. The summed E-state index contributed by atoms with van der Waals surface area (Å²) in [5.41, 5.74) is 4.58. The molecule has 0 aliphatic heterocycles. The molecule has 4 N–H and O–H groups in total. The van der Waals surface area contributed by atoms with Gasteiger partial charge in [0, 0.05) is 18.4 Å². The maximum absolute atomic E-state index is 12.2. The average Bonchev–Trinajstić information content (AvgIpc) is 2.34. The summed E-state index contributed by atoms with van der Waals surface area (Å²) in [5, 5.41) is 11.5. The Labute approximate surface area is 113 Å². The van der Waals surface area contributed by atoms with Crippen molar-refractivity contribution in [2.24, 2.45) is 11.1 Å². The molecule has 0 heterocycles. The summed E-state index contributed by atoms with van der Waals surface area (Å²) in [6.45, 7) is 7.91. The summed E-state index contributed by atoms with van der Waals surface area (Å²) in [5.74, 6) is -1.46. The van der Waals surface area contributed by atoms with E-state index < -0.39 is 28.9 Å². The third-order valence-electron chi connectivity index (χ3n) is 4.25. The maximum atomic E-state index is 12.2. The number of amides is 1. The van der Waals surface area contributed by atoms with Gasteiger partial charge in [0.2, 0.25) is 5.91 Å². The number of carbonyl (C=O) groups is 2.